The number of aryl methyl sites for hydroxylation is 1. The molecule has 0 aromatic heterocycles. The van der Waals surface area contributed by atoms with Crippen LogP contribution in [0.2, 0.25) is 0 Å². The third kappa shape index (κ3) is 9.23. The maximum absolute atomic E-state index is 13.8. The molecule has 4 rings (SSSR count). The highest BCUT2D eigenvalue weighted by Crippen LogP contribution is 2.23. The van der Waals surface area contributed by atoms with E-state index in [1.165, 1.54) is 12.1 Å². The van der Waals surface area contributed by atoms with Crippen LogP contribution in [0.4, 0.5) is 4.39 Å². The normalized spacial score (nSPS) is 13.9. The molecule has 1 aliphatic rings. The summed E-state index contributed by atoms with van der Waals surface area (Å²) in [4.78, 5) is 29.0. The van der Waals surface area contributed by atoms with Crippen LogP contribution in [-0.4, -0.2) is 43.8 Å². The molecule has 1 saturated carbocycles. The van der Waals surface area contributed by atoms with Crippen molar-refractivity contribution in [1.82, 2.24) is 14.9 Å². The molecule has 0 aliphatic heterocycles. The highest BCUT2D eigenvalue weighted by Gasteiger charge is 2.30. The van der Waals surface area contributed by atoms with Crippen molar-refractivity contribution >= 4 is 21.8 Å². The van der Waals surface area contributed by atoms with Crippen LogP contribution in [0.15, 0.2) is 83.8 Å². The second-order valence-electron chi connectivity index (χ2n) is 10.5. The van der Waals surface area contributed by atoms with Gasteiger partial charge < -0.3 is 10.2 Å². The molecule has 2 amide bonds. The molecule has 0 saturated heterocycles. The Morgan fingerprint density at radius 3 is 2.22 bits per heavy atom. The average molecular weight is 580 g/mol. The van der Waals surface area contributed by atoms with Crippen molar-refractivity contribution in [3.05, 3.63) is 101 Å². The van der Waals surface area contributed by atoms with Crippen LogP contribution in [0.1, 0.15) is 55.7 Å². The van der Waals surface area contributed by atoms with Gasteiger partial charge in [0.2, 0.25) is 21.8 Å². The molecule has 0 bridgehead atoms. The number of carbonyl (C=O) groups is 2. The fraction of sp³-hybridized carbons (Fsp3) is 0.375. The zero-order valence-corrected chi connectivity index (χ0v) is 24.2. The topological polar surface area (TPSA) is 95.6 Å². The van der Waals surface area contributed by atoms with Crippen LogP contribution in [0.3, 0.4) is 0 Å². The van der Waals surface area contributed by atoms with Crippen LogP contribution in [0, 0.1) is 5.82 Å². The molecule has 7 nitrogen and oxygen atoms in total. The van der Waals surface area contributed by atoms with E-state index in [9.17, 15) is 22.4 Å². The highest BCUT2D eigenvalue weighted by atomic mass is 32.2. The second-order valence-corrected chi connectivity index (χ2v) is 12.3. The van der Waals surface area contributed by atoms with E-state index in [0.29, 0.717) is 19.4 Å². The molecule has 3 aromatic rings. The number of nitrogens with zero attached hydrogens (tertiary/aromatic N) is 1. The fourth-order valence-corrected chi connectivity index (χ4v) is 5.87. The number of amides is 2. The van der Waals surface area contributed by atoms with Gasteiger partial charge in [0.05, 0.1) is 4.90 Å². The van der Waals surface area contributed by atoms with Crippen molar-refractivity contribution in [2.24, 2.45) is 0 Å². The Kier molecular flexibility index (Phi) is 10.7. The minimum atomic E-state index is -3.55. The van der Waals surface area contributed by atoms with E-state index in [2.05, 4.69) is 10.0 Å². The lowest BCUT2D eigenvalue weighted by Gasteiger charge is -2.31. The van der Waals surface area contributed by atoms with E-state index in [4.69, 9.17) is 0 Å². The van der Waals surface area contributed by atoms with Gasteiger partial charge in [0.15, 0.2) is 0 Å². The monoisotopic (exact) mass is 579 g/mol. The Morgan fingerprint density at radius 1 is 0.927 bits per heavy atom. The summed E-state index contributed by atoms with van der Waals surface area (Å²) in [7, 11) is -3.55. The first-order valence-corrected chi connectivity index (χ1v) is 15.7. The Labute approximate surface area is 242 Å². The van der Waals surface area contributed by atoms with Crippen LogP contribution in [0.25, 0.3) is 0 Å². The zero-order valence-electron chi connectivity index (χ0n) is 23.4. The smallest absolute Gasteiger partial charge is 0.243 e. The van der Waals surface area contributed by atoms with E-state index in [-0.39, 0.29) is 41.5 Å². The number of nitrogens with one attached hydrogen (secondary N) is 2. The Bertz CT molecular complexity index is 1390. The van der Waals surface area contributed by atoms with Crippen molar-refractivity contribution < 1.29 is 22.4 Å². The molecule has 0 spiro atoms. The number of benzene rings is 3. The second kappa shape index (κ2) is 14.4. The van der Waals surface area contributed by atoms with E-state index in [1.807, 2.05) is 37.3 Å². The van der Waals surface area contributed by atoms with Crippen molar-refractivity contribution in [2.45, 2.75) is 75.4 Å². The molecular weight excluding hydrogens is 541 g/mol. The fourth-order valence-electron chi connectivity index (χ4n) is 4.57. The molecule has 0 heterocycles. The van der Waals surface area contributed by atoms with Crippen molar-refractivity contribution in [3.63, 3.8) is 0 Å². The van der Waals surface area contributed by atoms with Gasteiger partial charge >= 0.3 is 0 Å². The summed E-state index contributed by atoms with van der Waals surface area (Å²) in [5, 5.41) is 2.99. The van der Waals surface area contributed by atoms with Crippen LogP contribution < -0.4 is 10.0 Å². The summed E-state index contributed by atoms with van der Waals surface area (Å²) in [5.74, 6) is -0.814. The largest absolute Gasteiger partial charge is 0.354 e. The summed E-state index contributed by atoms with van der Waals surface area (Å²) >= 11 is 0. The lowest BCUT2D eigenvalue weighted by Crippen LogP contribution is -2.50. The van der Waals surface area contributed by atoms with Gasteiger partial charge in [-0.2, -0.15) is 0 Å². The van der Waals surface area contributed by atoms with E-state index < -0.39 is 16.1 Å². The SMILES string of the molecule is CCCCNC(=O)C(Cc1ccccc1)N(Cc1ccc(F)cc1)C(=O)CCc1ccc(S(=O)(=O)NC2CC2)cc1. The van der Waals surface area contributed by atoms with Gasteiger partial charge in [-0.3, -0.25) is 9.59 Å². The molecule has 3 aromatic carbocycles. The number of unbranched alkanes of at least 4 members (excludes halogenated alkanes) is 1. The maximum Gasteiger partial charge on any atom is 0.243 e. The van der Waals surface area contributed by atoms with Gasteiger partial charge in [-0.05, 0) is 66.6 Å². The zero-order chi connectivity index (χ0) is 29.2. The molecule has 41 heavy (non-hydrogen) atoms. The molecule has 1 atom stereocenters. The Hall–Kier alpha value is -3.56. The van der Waals surface area contributed by atoms with Crippen molar-refractivity contribution in [2.75, 3.05) is 6.54 Å². The minimum absolute atomic E-state index is 0.0207. The van der Waals surface area contributed by atoms with Gasteiger partial charge in [-0.1, -0.05) is 67.9 Å². The van der Waals surface area contributed by atoms with Gasteiger partial charge in [-0.25, -0.2) is 17.5 Å². The van der Waals surface area contributed by atoms with Crippen molar-refractivity contribution in [3.8, 4) is 0 Å². The number of rotatable bonds is 15. The summed E-state index contributed by atoms with van der Waals surface area (Å²) in [5.41, 5.74) is 2.46. The molecular formula is C32H38FN3O4S. The summed E-state index contributed by atoms with van der Waals surface area (Å²) in [6.07, 6.45) is 4.32. The molecule has 1 aliphatic carbocycles. The van der Waals surface area contributed by atoms with Crippen LogP contribution in [-0.2, 0) is 39.0 Å². The third-order valence-electron chi connectivity index (χ3n) is 7.13. The van der Waals surface area contributed by atoms with Gasteiger partial charge in [-0.15, -0.1) is 0 Å². The molecule has 9 heteroatoms. The van der Waals surface area contributed by atoms with E-state index >= 15 is 0 Å². The third-order valence-corrected chi connectivity index (χ3v) is 8.66. The molecule has 2 N–H and O–H groups in total. The van der Waals surface area contributed by atoms with Crippen LogP contribution in [0.5, 0.6) is 0 Å². The minimum Gasteiger partial charge on any atom is -0.354 e. The van der Waals surface area contributed by atoms with Gasteiger partial charge in [0.1, 0.15) is 11.9 Å². The first-order chi connectivity index (χ1) is 19.7. The first kappa shape index (κ1) is 30.4. The number of carbonyl (C=O) groups excluding carboxylic acids is 2. The van der Waals surface area contributed by atoms with Gasteiger partial charge in [0.25, 0.3) is 0 Å². The summed E-state index contributed by atoms with van der Waals surface area (Å²) < 4.78 is 41.3. The predicted molar refractivity (Wildman–Crippen MR) is 157 cm³/mol. The molecule has 0 radical (unpaired) electrons. The predicted octanol–water partition coefficient (Wildman–Crippen LogP) is 4.76. The maximum atomic E-state index is 13.8. The summed E-state index contributed by atoms with van der Waals surface area (Å²) in [6, 6.07) is 21.3. The first-order valence-electron chi connectivity index (χ1n) is 14.2. The lowest BCUT2D eigenvalue weighted by atomic mass is 10.0. The Morgan fingerprint density at radius 2 is 1.59 bits per heavy atom. The standard InChI is InChI=1S/C32H38FN3O4S/c1-2-3-21-34-32(38)30(22-25-7-5-4-6-8-25)36(23-26-9-14-27(33)15-10-26)31(37)20-13-24-11-18-29(19-12-24)41(39,40)35-28-16-17-28/h4-12,14-15,18-19,28,30,35H,2-3,13,16-17,20-23H2,1H3,(H,34,38). The van der Waals surface area contributed by atoms with Crippen molar-refractivity contribution in [1.29, 1.82) is 0 Å². The quantitative estimate of drug-likeness (QED) is 0.254. The highest BCUT2D eigenvalue weighted by molar-refractivity contribution is 7.89. The number of hydrogen-bond donors (Lipinski definition) is 2. The number of sulfonamides is 1. The molecule has 1 unspecified atom stereocenters. The summed E-state index contributed by atoms with van der Waals surface area (Å²) in [6.45, 7) is 2.72. The average Bonchev–Trinajstić information content (AvgIpc) is 3.79. The molecule has 1 fully saturated rings. The number of halogens is 1. The lowest BCUT2D eigenvalue weighted by molar-refractivity contribution is -0.141. The van der Waals surface area contributed by atoms with E-state index in [1.54, 1.807) is 41.3 Å². The van der Waals surface area contributed by atoms with Crippen LogP contribution >= 0.6 is 0 Å². The van der Waals surface area contributed by atoms with Gasteiger partial charge in [0, 0.05) is 32.0 Å². The van der Waals surface area contributed by atoms with E-state index in [0.717, 1.165) is 42.4 Å². The molecule has 218 valence electrons. The Balaban J connectivity index is 1.53. The number of hydrogen-bond acceptors (Lipinski definition) is 4.